The number of thioether (sulfide) groups is 1. The Kier molecular flexibility index (Phi) is 9.16. The molecule has 2 aromatic rings. The molecule has 0 aliphatic heterocycles. The monoisotopic (exact) mass is 438 g/mol. The Labute approximate surface area is 180 Å². The molecule has 2 rings (SSSR count). The Bertz CT molecular complexity index is 799. The summed E-state index contributed by atoms with van der Waals surface area (Å²) in [7, 11) is 1.58. The standard InChI is InChI=1S/C21H24Cl2N2O2S/c1-3-19(21(27)24-2)25(12-16-6-4-5-7-18(16)23)20(26)14-28-13-15-8-10-17(22)11-9-15/h4-11,19H,3,12-14H2,1-2H3,(H,24,27)/t19-/m1/s1. The molecule has 0 aromatic heterocycles. The van der Waals surface area contributed by atoms with Crippen molar-refractivity contribution in [1.29, 1.82) is 0 Å². The van der Waals surface area contributed by atoms with Gasteiger partial charge in [0.05, 0.1) is 5.75 Å². The number of rotatable bonds is 9. The number of amides is 2. The highest BCUT2D eigenvalue weighted by molar-refractivity contribution is 7.99. The van der Waals surface area contributed by atoms with E-state index in [0.29, 0.717) is 28.8 Å². The van der Waals surface area contributed by atoms with E-state index in [2.05, 4.69) is 5.32 Å². The van der Waals surface area contributed by atoms with Gasteiger partial charge in [0.25, 0.3) is 0 Å². The van der Waals surface area contributed by atoms with Gasteiger partial charge in [-0.3, -0.25) is 9.59 Å². The first-order valence-corrected chi connectivity index (χ1v) is 10.9. The van der Waals surface area contributed by atoms with Crippen molar-refractivity contribution < 1.29 is 9.59 Å². The van der Waals surface area contributed by atoms with Crippen LogP contribution in [0.2, 0.25) is 10.0 Å². The Hall–Kier alpha value is -1.69. The van der Waals surface area contributed by atoms with E-state index in [1.165, 1.54) is 11.8 Å². The summed E-state index contributed by atoms with van der Waals surface area (Å²) in [6.45, 7) is 2.19. The lowest BCUT2D eigenvalue weighted by Crippen LogP contribution is -2.48. The van der Waals surface area contributed by atoms with Gasteiger partial charge in [-0.15, -0.1) is 11.8 Å². The van der Waals surface area contributed by atoms with E-state index >= 15 is 0 Å². The van der Waals surface area contributed by atoms with Crippen molar-refractivity contribution in [2.24, 2.45) is 0 Å². The van der Waals surface area contributed by atoms with Gasteiger partial charge in [-0.1, -0.05) is 60.5 Å². The van der Waals surface area contributed by atoms with Crippen LogP contribution in [0.1, 0.15) is 24.5 Å². The van der Waals surface area contributed by atoms with Gasteiger partial charge in [-0.05, 0) is 35.7 Å². The fourth-order valence-electron chi connectivity index (χ4n) is 2.82. The van der Waals surface area contributed by atoms with Crippen molar-refractivity contribution in [1.82, 2.24) is 10.2 Å². The molecule has 150 valence electrons. The van der Waals surface area contributed by atoms with Gasteiger partial charge in [0, 0.05) is 29.4 Å². The van der Waals surface area contributed by atoms with Crippen LogP contribution in [0.15, 0.2) is 48.5 Å². The highest BCUT2D eigenvalue weighted by atomic mass is 35.5. The summed E-state index contributed by atoms with van der Waals surface area (Å²) in [4.78, 5) is 26.9. The fraction of sp³-hybridized carbons (Fsp3) is 0.333. The molecule has 1 atom stereocenters. The van der Waals surface area contributed by atoms with E-state index in [0.717, 1.165) is 11.1 Å². The largest absolute Gasteiger partial charge is 0.357 e. The SMILES string of the molecule is CC[C@H](C(=O)NC)N(Cc1ccccc1Cl)C(=O)CSCc1ccc(Cl)cc1. The summed E-state index contributed by atoms with van der Waals surface area (Å²) < 4.78 is 0. The zero-order valence-corrected chi connectivity index (χ0v) is 18.3. The first kappa shape index (κ1) is 22.6. The Morgan fingerprint density at radius 3 is 2.39 bits per heavy atom. The summed E-state index contributed by atoms with van der Waals surface area (Å²) >= 11 is 13.7. The molecule has 0 radical (unpaired) electrons. The Morgan fingerprint density at radius 1 is 1.11 bits per heavy atom. The molecule has 1 N–H and O–H groups in total. The minimum absolute atomic E-state index is 0.0886. The number of halogens is 2. The second-order valence-corrected chi connectivity index (χ2v) is 8.10. The summed E-state index contributed by atoms with van der Waals surface area (Å²) in [5.41, 5.74) is 1.92. The topological polar surface area (TPSA) is 49.4 Å². The molecule has 2 aromatic carbocycles. The predicted molar refractivity (Wildman–Crippen MR) is 118 cm³/mol. The molecule has 0 bridgehead atoms. The lowest BCUT2D eigenvalue weighted by Gasteiger charge is -2.30. The third kappa shape index (κ3) is 6.43. The summed E-state index contributed by atoms with van der Waals surface area (Å²) in [6, 6.07) is 14.4. The second-order valence-electron chi connectivity index (χ2n) is 6.27. The van der Waals surface area contributed by atoms with Crippen molar-refractivity contribution in [3.8, 4) is 0 Å². The molecule has 7 heteroatoms. The molecule has 0 unspecified atom stereocenters. The molecule has 2 amide bonds. The molecule has 0 fully saturated rings. The van der Waals surface area contributed by atoms with Crippen LogP contribution in [-0.4, -0.2) is 35.6 Å². The van der Waals surface area contributed by atoms with Gasteiger partial charge >= 0.3 is 0 Å². The number of likely N-dealkylation sites (N-methyl/N-ethyl adjacent to an activating group) is 1. The van der Waals surface area contributed by atoms with E-state index < -0.39 is 6.04 Å². The van der Waals surface area contributed by atoms with E-state index in [1.807, 2.05) is 49.4 Å². The van der Waals surface area contributed by atoms with Crippen LogP contribution in [0.5, 0.6) is 0 Å². The molecule has 0 heterocycles. The van der Waals surface area contributed by atoms with Gasteiger partial charge in [0.1, 0.15) is 6.04 Å². The lowest BCUT2D eigenvalue weighted by molar-refractivity contribution is -0.139. The van der Waals surface area contributed by atoms with E-state index in [-0.39, 0.29) is 17.6 Å². The molecule has 4 nitrogen and oxygen atoms in total. The highest BCUT2D eigenvalue weighted by Gasteiger charge is 2.28. The average molecular weight is 439 g/mol. The van der Waals surface area contributed by atoms with Crippen molar-refractivity contribution in [3.63, 3.8) is 0 Å². The first-order chi connectivity index (χ1) is 13.5. The van der Waals surface area contributed by atoms with E-state index in [4.69, 9.17) is 23.2 Å². The minimum Gasteiger partial charge on any atom is -0.357 e. The molecule has 0 aliphatic rings. The fourth-order valence-corrected chi connectivity index (χ4v) is 4.01. The number of hydrogen-bond acceptors (Lipinski definition) is 3. The van der Waals surface area contributed by atoms with Crippen molar-refractivity contribution in [2.75, 3.05) is 12.8 Å². The van der Waals surface area contributed by atoms with Crippen LogP contribution in [0.3, 0.4) is 0 Å². The quantitative estimate of drug-likeness (QED) is 0.612. The zero-order chi connectivity index (χ0) is 20.5. The lowest BCUT2D eigenvalue weighted by atomic mass is 10.1. The molecule has 0 spiro atoms. The van der Waals surface area contributed by atoms with Crippen LogP contribution < -0.4 is 5.32 Å². The second kappa shape index (κ2) is 11.3. The molecule has 28 heavy (non-hydrogen) atoms. The highest BCUT2D eigenvalue weighted by Crippen LogP contribution is 2.21. The molecule has 0 saturated heterocycles. The van der Waals surface area contributed by atoms with Gasteiger partial charge in [0.15, 0.2) is 0 Å². The maximum atomic E-state index is 13.0. The van der Waals surface area contributed by atoms with Gasteiger partial charge < -0.3 is 10.2 Å². The van der Waals surface area contributed by atoms with E-state index in [9.17, 15) is 9.59 Å². The number of carbonyl (C=O) groups is 2. The minimum atomic E-state index is -0.537. The van der Waals surface area contributed by atoms with Crippen molar-refractivity contribution in [3.05, 3.63) is 69.7 Å². The summed E-state index contributed by atoms with van der Waals surface area (Å²) in [5.74, 6) is 0.708. The maximum Gasteiger partial charge on any atom is 0.242 e. The van der Waals surface area contributed by atoms with Crippen molar-refractivity contribution in [2.45, 2.75) is 31.7 Å². The number of nitrogens with zero attached hydrogens (tertiary/aromatic N) is 1. The Morgan fingerprint density at radius 2 is 1.79 bits per heavy atom. The van der Waals surface area contributed by atoms with Gasteiger partial charge in [-0.25, -0.2) is 0 Å². The first-order valence-electron chi connectivity index (χ1n) is 9.03. The van der Waals surface area contributed by atoms with Crippen LogP contribution in [0, 0.1) is 0 Å². The van der Waals surface area contributed by atoms with Crippen molar-refractivity contribution >= 4 is 46.8 Å². The normalized spacial score (nSPS) is 11.7. The third-order valence-corrected chi connectivity index (χ3v) is 5.95. The number of hydrogen-bond donors (Lipinski definition) is 1. The number of nitrogens with one attached hydrogen (secondary N) is 1. The molecule has 0 aliphatic carbocycles. The van der Waals surface area contributed by atoms with Crippen LogP contribution in [-0.2, 0) is 21.9 Å². The van der Waals surface area contributed by atoms with Crippen LogP contribution in [0.4, 0.5) is 0 Å². The summed E-state index contributed by atoms with van der Waals surface area (Å²) in [5, 5.41) is 3.93. The maximum absolute atomic E-state index is 13.0. The third-order valence-electron chi connectivity index (χ3n) is 4.34. The molecule has 0 saturated carbocycles. The van der Waals surface area contributed by atoms with Crippen LogP contribution in [0.25, 0.3) is 0 Å². The van der Waals surface area contributed by atoms with Crippen LogP contribution >= 0.6 is 35.0 Å². The summed E-state index contributed by atoms with van der Waals surface area (Å²) in [6.07, 6.45) is 0.526. The van der Waals surface area contributed by atoms with E-state index in [1.54, 1.807) is 18.0 Å². The van der Waals surface area contributed by atoms with Gasteiger partial charge in [-0.2, -0.15) is 0 Å². The number of carbonyl (C=O) groups excluding carboxylic acids is 2. The average Bonchev–Trinajstić information content (AvgIpc) is 2.70. The predicted octanol–water partition coefficient (Wildman–Crippen LogP) is 4.78. The molecular weight excluding hydrogens is 415 g/mol. The van der Waals surface area contributed by atoms with Gasteiger partial charge in [0.2, 0.25) is 11.8 Å². The molecular formula is C21H24Cl2N2O2S. The zero-order valence-electron chi connectivity index (χ0n) is 16.0. The Balaban J connectivity index is 2.10. The smallest absolute Gasteiger partial charge is 0.242 e. The number of benzene rings is 2.